The van der Waals surface area contributed by atoms with E-state index < -0.39 is 0 Å². The third-order valence-electron chi connectivity index (χ3n) is 3.38. The second kappa shape index (κ2) is 5.30. The van der Waals surface area contributed by atoms with Gasteiger partial charge in [-0.15, -0.1) is 0 Å². The molecule has 1 fully saturated rings. The molecule has 1 saturated heterocycles. The van der Waals surface area contributed by atoms with Crippen molar-refractivity contribution in [3.05, 3.63) is 23.8 Å². The number of nitrogens with one attached hydrogen (secondary N) is 1. The molecule has 0 saturated carbocycles. The fourth-order valence-electron chi connectivity index (χ4n) is 2.39. The largest absolute Gasteiger partial charge is 0.496 e. The van der Waals surface area contributed by atoms with Crippen LogP contribution in [0.4, 0.5) is 5.69 Å². The highest BCUT2D eigenvalue weighted by atomic mass is 16.5. The number of nitrogens with zero attached hydrogens (tertiary/aromatic N) is 1. The van der Waals surface area contributed by atoms with Gasteiger partial charge in [-0.2, -0.15) is 0 Å². The van der Waals surface area contributed by atoms with Gasteiger partial charge in [0.2, 0.25) is 5.91 Å². The SMILES string of the molecule is COc1cccc(N2CCNC(=O)C2C)c1C(C)=O. The van der Waals surface area contributed by atoms with Crippen molar-refractivity contribution in [2.24, 2.45) is 0 Å². The van der Waals surface area contributed by atoms with E-state index in [1.165, 1.54) is 14.0 Å². The summed E-state index contributed by atoms with van der Waals surface area (Å²) in [6.07, 6.45) is 0. The van der Waals surface area contributed by atoms with Gasteiger partial charge in [-0.1, -0.05) is 6.07 Å². The molecule has 1 aromatic carbocycles. The lowest BCUT2D eigenvalue weighted by molar-refractivity contribution is -0.122. The fraction of sp³-hybridized carbons (Fsp3) is 0.429. The van der Waals surface area contributed by atoms with Gasteiger partial charge in [-0.05, 0) is 26.0 Å². The highest BCUT2D eigenvalue weighted by Crippen LogP contribution is 2.31. The molecule has 1 aliphatic heterocycles. The third kappa shape index (κ3) is 2.41. The van der Waals surface area contributed by atoms with Crippen molar-refractivity contribution in [2.45, 2.75) is 19.9 Å². The van der Waals surface area contributed by atoms with Crippen LogP contribution in [0.5, 0.6) is 5.75 Å². The Balaban J connectivity index is 2.49. The third-order valence-corrected chi connectivity index (χ3v) is 3.38. The Morgan fingerprint density at radius 1 is 1.47 bits per heavy atom. The van der Waals surface area contributed by atoms with Crippen molar-refractivity contribution in [1.82, 2.24) is 5.32 Å². The molecule has 1 heterocycles. The van der Waals surface area contributed by atoms with Crippen molar-refractivity contribution >= 4 is 17.4 Å². The molecular weight excluding hydrogens is 244 g/mol. The summed E-state index contributed by atoms with van der Waals surface area (Å²) >= 11 is 0. The van der Waals surface area contributed by atoms with Gasteiger partial charge in [0.05, 0.1) is 18.4 Å². The Morgan fingerprint density at radius 3 is 2.84 bits per heavy atom. The van der Waals surface area contributed by atoms with Crippen LogP contribution < -0.4 is 15.0 Å². The maximum atomic E-state index is 11.9. The maximum Gasteiger partial charge on any atom is 0.242 e. The van der Waals surface area contributed by atoms with E-state index in [1.54, 1.807) is 6.07 Å². The first-order valence-corrected chi connectivity index (χ1v) is 6.28. The molecule has 2 rings (SSSR count). The first kappa shape index (κ1) is 13.4. The van der Waals surface area contributed by atoms with Crippen LogP contribution in [0.1, 0.15) is 24.2 Å². The van der Waals surface area contributed by atoms with Crippen LogP contribution in [0, 0.1) is 0 Å². The lowest BCUT2D eigenvalue weighted by atomic mass is 10.0. The fourth-order valence-corrected chi connectivity index (χ4v) is 2.39. The average Bonchev–Trinajstić information content (AvgIpc) is 2.40. The number of amides is 1. The van der Waals surface area contributed by atoms with E-state index in [9.17, 15) is 9.59 Å². The van der Waals surface area contributed by atoms with E-state index in [2.05, 4.69) is 5.32 Å². The first-order chi connectivity index (χ1) is 9.06. The zero-order chi connectivity index (χ0) is 14.0. The molecule has 1 N–H and O–H groups in total. The summed E-state index contributed by atoms with van der Waals surface area (Å²) in [5, 5.41) is 2.81. The van der Waals surface area contributed by atoms with Crippen molar-refractivity contribution in [2.75, 3.05) is 25.1 Å². The van der Waals surface area contributed by atoms with Gasteiger partial charge in [-0.25, -0.2) is 0 Å². The summed E-state index contributed by atoms with van der Waals surface area (Å²) in [5.74, 6) is 0.456. The predicted octanol–water partition coefficient (Wildman–Crippen LogP) is 1.22. The van der Waals surface area contributed by atoms with Crippen LogP contribution in [0.3, 0.4) is 0 Å². The molecule has 1 aliphatic rings. The number of carbonyl (C=O) groups excluding carboxylic acids is 2. The van der Waals surface area contributed by atoms with Gasteiger partial charge in [-0.3, -0.25) is 9.59 Å². The highest BCUT2D eigenvalue weighted by molar-refractivity contribution is 6.03. The number of benzene rings is 1. The summed E-state index contributed by atoms with van der Waals surface area (Å²) in [6.45, 7) is 4.60. The normalized spacial score (nSPS) is 19.0. The van der Waals surface area contributed by atoms with Crippen LogP contribution in [0.25, 0.3) is 0 Å². The molecule has 0 spiro atoms. The smallest absolute Gasteiger partial charge is 0.242 e. The number of Topliss-reactive ketones (excluding diaryl/α,β-unsaturated/α-hetero) is 1. The maximum absolute atomic E-state index is 11.9. The number of hydrogen-bond donors (Lipinski definition) is 1. The Bertz CT molecular complexity index is 513. The quantitative estimate of drug-likeness (QED) is 0.832. The number of methoxy groups -OCH3 is 1. The standard InChI is InChI=1S/C14H18N2O3/c1-9-14(18)15-7-8-16(9)11-5-4-6-12(19-3)13(11)10(2)17/h4-6,9H,7-8H2,1-3H3,(H,15,18). The lowest BCUT2D eigenvalue weighted by Gasteiger charge is -2.35. The van der Waals surface area contributed by atoms with E-state index in [1.807, 2.05) is 24.0 Å². The number of piperazine rings is 1. The molecule has 0 radical (unpaired) electrons. The molecule has 1 atom stereocenters. The minimum Gasteiger partial charge on any atom is -0.496 e. The summed E-state index contributed by atoms with van der Waals surface area (Å²) in [5.41, 5.74) is 1.29. The lowest BCUT2D eigenvalue weighted by Crippen LogP contribution is -2.54. The van der Waals surface area contributed by atoms with E-state index in [0.29, 0.717) is 24.4 Å². The zero-order valence-electron chi connectivity index (χ0n) is 11.4. The van der Waals surface area contributed by atoms with Gasteiger partial charge >= 0.3 is 0 Å². The number of carbonyl (C=O) groups is 2. The molecule has 19 heavy (non-hydrogen) atoms. The van der Waals surface area contributed by atoms with E-state index in [4.69, 9.17) is 4.74 Å². The molecule has 0 bridgehead atoms. The Hall–Kier alpha value is -2.04. The molecular formula is C14H18N2O3. The molecule has 1 amide bonds. The number of anilines is 1. The number of ketones is 1. The summed E-state index contributed by atoms with van der Waals surface area (Å²) in [7, 11) is 1.54. The van der Waals surface area contributed by atoms with Crippen LogP contribution in [0.2, 0.25) is 0 Å². The van der Waals surface area contributed by atoms with Gasteiger partial charge in [0.15, 0.2) is 5.78 Å². The second-order valence-corrected chi connectivity index (χ2v) is 4.57. The van der Waals surface area contributed by atoms with Gasteiger partial charge in [0.1, 0.15) is 11.8 Å². The molecule has 5 nitrogen and oxygen atoms in total. The van der Waals surface area contributed by atoms with Crippen LogP contribution >= 0.6 is 0 Å². The predicted molar refractivity (Wildman–Crippen MR) is 72.8 cm³/mol. The molecule has 5 heteroatoms. The molecule has 1 unspecified atom stereocenters. The van der Waals surface area contributed by atoms with E-state index >= 15 is 0 Å². The van der Waals surface area contributed by atoms with Crippen molar-refractivity contribution < 1.29 is 14.3 Å². The van der Waals surface area contributed by atoms with E-state index in [0.717, 1.165) is 5.69 Å². The summed E-state index contributed by atoms with van der Waals surface area (Å²) in [6, 6.07) is 5.15. The topological polar surface area (TPSA) is 58.6 Å². The molecule has 102 valence electrons. The molecule has 0 aromatic heterocycles. The minimum absolute atomic E-state index is 0.0245. The van der Waals surface area contributed by atoms with Gasteiger partial charge in [0, 0.05) is 13.1 Å². The van der Waals surface area contributed by atoms with E-state index in [-0.39, 0.29) is 17.7 Å². The summed E-state index contributed by atoms with van der Waals surface area (Å²) < 4.78 is 5.25. The summed E-state index contributed by atoms with van der Waals surface area (Å²) in [4.78, 5) is 25.6. The zero-order valence-corrected chi connectivity index (χ0v) is 11.4. The molecule has 0 aliphatic carbocycles. The second-order valence-electron chi connectivity index (χ2n) is 4.57. The van der Waals surface area contributed by atoms with Crippen LogP contribution in [0.15, 0.2) is 18.2 Å². The van der Waals surface area contributed by atoms with Crippen molar-refractivity contribution in [3.8, 4) is 5.75 Å². The Morgan fingerprint density at radius 2 is 2.21 bits per heavy atom. The van der Waals surface area contributed by atoms with Gasteiger partial charge in [0.25, 0.3) is 0 Å². The first-order valence-electron chi connectivity index (χ1n) is 6.28. The average molecular weight is 262 g/mol. The Labute approximate surface area is 112 Å². The van der Waals surface area contributed by atoms with Crippen LogP contribution in [-0.4, -0.2) is 37.9 Å². The van der Waals surface area contributed by atoms with Crippen molar-refractivity contribution in [3.63, 3.8) is 0 Å². The number of ether oxygens (including phenoxy) is 1. The minimum atomic E-state index is -0.293. The van der Waals surface area contributed by atoms with Crippen LogP contribution in [-0.2, 0) is 4.79 Å². The van der Waals surface area contributed by atoms with Crippen molar-refractivity contribution in [1.29, 1.82) is 0 Å². The highest BCUT2D eigenvalue weighted by Gasteiger charge is 2.28. The monoisotopic (exact) mass is 262 g/mol. The Kier molecular flexibility index (Phi) is 3.74. The van der Waals surface area contributed by atoms with Gasteiger partial charge < -0.3 is 15.0 Å². The number of rotatable bonds is 3. The molecule has 1 aromatic rings. The number of hydrogen-bond acceptors (Lipinski definition) is 4.